The molecule has 6 heteroatoms. The number of benzene rings is 3. The van der Waals surface area contributed by atoms with Crippen LogP contribution in [0.25, 0.3) is 16.8 Å². The first-order valence-electron chi connectivity index (χ1n) is 10.1. The first-order chi connectivity index (χ1) is 15.0. The fourth-order valence-electron chi connectivity index (χ4n) is 3.47. The van der Waals surface area contributed by atoms with Crippen LogP contribution >= 0.6 is 23.4 Å². The van der Waals surface area contributed by atoms with E-state index < -0.39 is 0 Å². The van der Waals surface area contributed by atoms with Crippen molar-refractivity contribution < 1.29 is 14.3 Å². The summed E-state index contributed by atoms with van der Waals surface area (Å²) in [7, 11) is 0. The second-order valence-electron chi connectivity index (χ2n) is 7.42. The molecular weight excluding hydrogens is 430 g/mol. The number of ether oxygens (including phenoxy) is 1. The van der Waals surface area contributed by atoms with Crippen LogP contribution in [-0.2, 0) is 11.4 Å². The summed E-state index contributed by atoms with van der Waals surface area (Å²) in [5.41, 5.74) is 1.78. The van der Waals surface area contributed by atoms with Gasteiger partial charge in [0.1, 0.15) is 12.4 Å². The number of imide groups is 1. The molecule has 158 valence electrons. The van der Waals surface area contributed by atoms with Crippen molar-refractivity contribution in [3.63, 3.8) is 0 Å². The number of carbonyl (C=O) groups is 2. The van der Waals surface area contributed by atoms with Crippen LogP contribution in [0.1, 0.15) is 31.4 Å². The Labute approximate surface area is 190 Å². The second-order valence-corrected chi connectivity index (χ2v) is 8.85. The van der Waals surface area contributed by atoms with Gasteiger partial charge in [-0.05, 0) is 65.7 Å². The van der Waals surface area contributed by atoms with E-state index in [0.29, 0.717) is 22.3 Å². The molecule has 3 aromatic rings. The summed E-state index contributed by atoms with van der Waals surface area (Å²) in [6, 6.07) is 19.2. The lowest BCUT2D eigenvalue weighted by molar-refractivity contribution is -0.124. The first kappa shape index (κ1) is 21.5. The van der Waals surface area contributed by atoms with Gasteiger partial charge in [0.05, 0.1) is 4.91 Å². The van der Waals surface area contributed by atoms with Crippen LogP contribution in [-0.4, -0.2) is 22.1 Å². The quantitative estimate of drug-likeness (QED) is 0.382. The smallest absolute Gasteiger partial charge is 0.293 e. The highest BCUT2D eigenvalue weighted by Crippen LogP contribution is 2.38. The second kappa shape index (κ2) is 9.16. The lowest BCUT2D eigenvalue weighted by atomic mass is 10.0. The lowest BCUT2D eigenvalue weighted by Gasteiger charge is -2.19. The Morgan fingerprint density at radius 3 is 2.55 bits per heavy atom. The van der Waals surface area contributed by atoms with Crippen molar-refractivity contribution >= 4 is 51.4 Å². The van der Waals surface area contributed by atoms with Crippen molar-refractivity contribution in [1.82, 2.24) is 4.90 Å². The van der Waals surface area contributed by atoms with Gasteiger partial charge in [0.2, 0.25) is 0 Å². The predicted molar refractivity (Wildman–Crippen MR) is 127 cm³/mol. The molecule has 1 heterocycles. The number of fused-ring (bicyclic) bond motifs is 1. The zero-order chi connectivity index (χ0) is 22.0. The van der Waals surface area contributed by atoms with Gasteiger partial charge in [-0.15, -0.1) is 0 Å². The van der Waals surface area contributed by atoms with Crippen molar-refractivity contribution in [2.24, 2.45) is 0 Å². The maximum atomic E-state index is 12.9. The molecule has 0 radical (unpaired) electrons. The van der Waals surface area contributed by atoms with Gasteiger partial charge >= 0.3 is 0 Å². The normalized spacial score (nSPS) is 16.4. The van der Waals surface area contributed by atoms with Crippen LogP contribution in [0.5, 0.6) is 5.75 Å². The summed E-state index contributed by atoms with van der Waals surface area (Å²) in [6.07, 6.45) is 2.50. The molecule has 0 bridgehead atoms. The summed E-state index contributed by atoms with van der Waals surface area (Å²) < 4.78 is 6.13. The van der Waals surface area contributed by atoms with Crippen LogP contribution < -0.4 is 4.74 Å². The van der Waals surface area contributed by atoms with E-state index in [0.717, 1.165) is 40.1 Å². The minimum Gasteiger partial charge on any atom is -0.488 e. The molecule has 4 rings (SSSR count). The van der Waals surface area contributed by atoms with E-state index in [9.17, 15) is 9.59 Å². The molecule has 1 atom stereocenters. The maximum Gasteiger partial charge on any atom is 0.293 e. The largest absolute Gasteiger partial charge is 0.488 e. The first-order valence-corrected chi connectivity index (χ1v) is 11.3. The van der Waals surface area contributed by atoms with Gasteiger partial charge in [-0.2, -0.15) is 0 Å². The Hall–Kier alpha value is -2.76. The van der Waals surface area contributed by atoms with Crippen molar-refractivity contribution in [1.29, 1.82) is 0 Å². The van der Waals surface area contributed by atoms with Gasteiger partial charge in [-0.3, -0.25) is 14.5 Å². The van der Waals surface area contributed by atoms with E-state index in [1.165, 1.54) is 4.90 Å². The van der Waals surface area contributed by atoms with Crippen LogP contribution in [0.15, 0.2) is 65.6 Å². The van der Waals surface area contributed by atoms with Crippen molar-refractivity contribution in [3.8, 4) is 5.75 Å². The topological polar surface area (TPSA) is 46.6 Å². The molecule has 31 heavy (non-hydrogen) atoms. The molecule has 0 aromatic heterocycles. The maximum absolute atomic E-state index is 12.9. The van der Waals surface area contributed by atoms with Gasteiger partial charge in [0, 0.05) is 16.6 Å². The van der Waals surface area contributed by atoms with Gasteiger partial charge < -0.3 is 4.74 Å². The van der Waals surface area contributed by atoms with E-state index in [1.807, 2.05) is 74.5 Å². The lowest BCUT2D eigenvalue weighted by Crippen LogP contribution is -2.36. The highest BCUT2D eigenvalue weighted by Gasteiger charge is 2.37. The number of hydrogen-bond acceptors (Lipinski definition) is 4. The van der Waals surface area contributed by atoms with Crippen molar-refractivity contribution in [2.75, 3.05) is 0 Å². The van der Waals surface area contributed by atoms with Gasteiger partial charge in [-0.25, -0.2) is 0 Å². The summed E-state index contributed by atoms with van der Waals surface area (Å²) in [5, 5.41) is 2.45. The van der Waals surface area contributed by atoms with Crippen LogP contribution in [0, 0.1) is 0 Å². The predicted octanol–water partition coefficient (Wildman–Crippen LogP) is 6.91. The summed E-state index contributed by atoms with van der Waals surface area (Å²) >= 11 is 6.95. The van der Waals surface area contributed by atoms with Gasteiger partial charge in [-0.1, -0.05) is 61.0 Å². The zero-order valence-electron chi connectivity index (χ0n) is 17.3. The Bertz CT molecular complexity index is 1170. The van der Waals surface area contributed by atoms with E-state index in [4.69, 9.17) is 16.3 Å². The van der Waals surface area contributed by atoms with Crippen LogP contribution in [0.3, 0.4) is 0 Å². The number of amides is 2. The molecule has 3 aromatic carbocycles. The standard InChI is InChI=1S/C25H22ClNO3S/c1-3-16(2)27-24(28)23(31-25(27)29)14-21-20-7-5-4-6-18(20)10-13-22(21)30-15-17-8-11-19(26)12-9-17/h4-14,16H,3,15H2,1-2H3/b23-14+/t16-/m1/s1. The minimum atomic E-state index is -0.249. The molecule has 1 aliphatic rings. The molecule has 4 nitrogen and oxygen atoms in total. The van der Waals surface area contributed by atoms with E-state index in [1.54, 1.807) is 6.08 Å². The Morgan fingerprint density at radius 2 is 1.81 bits per heavy atom. The minimum absolute atomic E-state index is 0.133. The number of nitrogens with zero attached hydrogens (tertiary/aromatic N) is 1. The van der Waals surface area contributed by atoms with E-state index >= 15 is 0 Å². The highest BCUT2D eigenvalue weighted by molar-refractivity contribution is 8.18. The summed E-state index contributed by atoms with van der Waals surface area (Å²) in [4.78, 5) is 27.2. The SMILES string of the molecule is CC[C@@H](C)N1C(=O)S/C(=C/c2c(OCc3ccc(Cl)cc3)ccc3ccccc23)C1=O. The molecule has 1 saturated heterocycles. The third kappa shape index (κ3) is 4.48. The fraction of sp³-hybridized carbons (Fsp3) is 0.200. The van der Waals surface area contributed by atoms with Crippen molar-refractivity contribution in [2.45, 2.75) is 32.9 Å². The monoisotopic (exact) mass is 451 g/mol. The molecule has 1 fully saturated rings. The number of halogens is 1. The number of rotatable bonds is 6. The Balaban J connectivity index is 1.72. The number of carbonyl (C=O) groups excluding carboxylic acids is 2. The third-order valence-corrected chi connectivity index (χ3v) is 6.50. The summed E-state index contributed by atoms with van der Waals surface area (Å²) in [6.45, 7) is 4.22. The average Bonchev–Trinajstić information content (AvgIpc) is 3.06. The molecule has 0 spiro atoms. The molecular formula is C25H22ClNO3S. The molecule has 0 saturated carbocycles. The Kier molecular flexibility index (Phi) is 6.35. The van der Waals surface area contributed by atoms with E-state index in [-0.39, 0.29) is 17.2 Å². The Morgan fingerprint density at radius 1 is 1.06 bits per heavy atom. The number of thioether (sulfide) groups is 1. The zero-order valence-corrected chi connectivity index (χ0v) is 18.9. The molecule has 2 amide bonds. The third-order valence-electron chi connectivity index (χ3n) is 5.37. The van der Waals surface area contributed by atoms with Gasteiger partial charge in [0.15, 0.2) is 0 Å². The van der Waals surface area contributed by atoms with Crippen LogP contribution in [0.2, 0.25) is 5.02 Å². The van der Waals surface area contributed by atoms with Crippen molar-refractivity contribution in [3.05, 3.63) is 81.7 Å². The highest BCUT2D eigenvalue weighted by atomic mass is 35.5. The summed E-state index contributed by atoms with van der Waals surface area (Å²) in [5.74, 6) is 0.407. The van der Waals surface area contributed by atoms with Crippen LogP contribution in [0.4, 0.5) is 4.79 Å². The molecule has 0 unspecified atom stereocenters. The van der Waals surface area contributed by atoms with Gasteiger partial charge in [0.25, 0.3) is 11.1 Å². The molecule has 0 aliphatic carbocycles. The van der Waals surface area contributed by atoms with E-state index in [2.05, 4.69) is 0 Å². The number of hydrogen-bond donors (Lipinski definition) is 0. The fourth-order valence-corrected chi connectivity index (χ4v) is 4.50. The molecule has 0 N–H and O–H groups in total. The average molecular weight is 452 g/mol. The molecule has 1 aliphatic heterocycles.